The molecule has 0 unspecified atom stereocenters. The molecule has 140 valence electrons. The van der Waals surface area contributed by atoms with Crippen molar-refractivity contribution in [1.29, 1.82) is 0 Å². The smallest absolute Gasteiger partial charge is 0.276 e. The van der Waals surface area contributed by atoms with Crippen LogP contribution in [-0.4, -0.2) is 13.0 Å². The van der Waals surface area contributed by atoms with Crippen molar-refractivity contribution in [2.75, 3.05) is 11.9 Å². The molecule has 0 saturated heterocycles. The second-order valence-electron chi connectivity index (χ2n) is 7.42. The Balaban J connectivity index is 1.65. The van der Waals surface area contributed by atoms with Gasteiger partial charge in [-0.3, -0.25) is 4.79 Å². The molecule has 2 aliphatic rings. The van der Waals surface area contributed by atoms with Gasteiger partial charge in [-0.15, -0.1) is 11.6 Å². The largest absolute Gasteiger partial charge is 0.472 e. The maximum absolute atomic E-state index is 13.5. The Bertz CT molecular complexity index is 1050. The lowest BCUT2D eigenvalue weighted by molar-refractivity contribution is -0.133. The second kappa shape index (κ2) is 6.39. The van der Waals surface area contributed by atoms with E-state index in [9.17, 15) is 4.79 Å². The predicted molar refractivity (Wildman–Crippen MR) is 111 cm³/mol. The number of nitrogens with zero attached hydrogens (tertiary/aromatic N) is 1. The van der Waals surface area contributed by atoms with Crippen LogP contribution >= 0.6 is 11.6 Å². The van der Waals surface area contributed by atoms with E-state index in [1.54, 1.807) is 4.90 Å². The molecule has 0 saturated carbocycles. The quantitative estimate of drug-likeness (QED) is 0.561. The Labute approximate surface area is 169 Å². The number of halogens is 1. The van der Waals surface area contributed by atoms with Crippen molar-refractivity contribution in [3.05, 3.63) is 95.6 Å². The first kappa shape index (κ1) is 17.3. The van der Waals surface area contributed by atoms with Gasteiger partial charge in [0.1, 0.15) is 5.75 Å². The average molecular weight is 390 g/mol. The molecule has 2 aliphatic heterocycles. The van der Waals surface area contributed by atoms with Gasteiger partial charge in [0.15, 0.2) is 0 Å². The number of ether oxygens (including phenoxy) is 1. The zero-order valence-electron chi connectivity index (χ0n) is 15.5. The molecule has 3 nitrogen and oxygen atoms in total. The molecule has 0 fully saturated rings. The predicted octanol–water partition coefficient (Wildman–Crippen LogP) is 5.40. The number of anilines is 1. The lowest BCUT2D eigenvalue weighted by Crippen LogP contribution is -2.45. The van der Waals surface area contributed by atoms with E-state index in [1.807, 2.05) is 79.8 Å². The summed E-state index contributed by atoms with van der Waals surface area (Å²) < 4.78 is 6.46. The maximum Gasteiger partial charge on any atom is 0.276 e. The first-order chi connectivity index (χ1) is 13.6. The van der Waals surface area contributed by atoms with Gasteiger partial charge in [0, 0.05) is 24.1 Å². The van der Waals surface area contributed by atoms with Crippen LogP contribution in [0.4, 0.5) is 5.69 Å². The molecule has 0 N–H and O–H groups in total. The van der Waals surface area contributed by atoms with Crippen molar-refractivity contribution in [2.45, 2.75) is 23.3 Å². The lowest BCUT2D eigenvalue weighted by Gasteiger charge is -2.30. The minimum absolute atomic E-state index is 0.0353. The third-order valence-corrected chi connectivity index (χ3v) is 6.38. The van der Waals surface area contributed by atoms with Crippen LogP contribution in [0, 0.1) is 0 Å². The van der Waals surface area contributed by atoms with E-state index in [-0.39, 0.29) is 17.2 Å². The number of likely N-dealkylation sites (N-methyl/N-ethyl adjacent to an activating group) is 1. The summed E-state index contributed by atoms with van der Waals surface area (Å²) in [6.07, 6.45) is 0.608. The number of fused-ring (bicyclic) bond motifs is 3. The standard InChI is InChI=1S/C24H20ClNO2/c1-26-21-13-7-6-12-18(21)24(23(26)27)19(17-11-5-8-14-22(17)28-24)15-20(25)16-9-3-2-4-10-16/h2-14,19-20H,15H2,1H3/t19-,20-,24-/m0/s1. The summed E-state index contributed by atoms with van der Waals surface area (Å²) in [7, 11) is 1.81. The third-order valence-electron chi connectivity index (χ3n) is 5.95. The van der Waals surface area contributed by atoms with Crippen molar-refractivity contribution in [3.8, 4) is 5.75 Å². The maximum atomic E-state index is 13.5. The van der Waals surface area contributed by atoms with E-state index >= 15 is 0 Å². The highest BCUT2D eigenvalue weighted by Gasteiger charge is 2.61. The van der Waals surface area contributed by atoms with Crippen LogP contribution in [0.5, 0.6) is 5.75 Å². The fourth-order valence-corrected chi connectivity index (χ4v) is 4.94. The van der Waals surface area contributed by atoms with Crippen molar-refractivity contribution in [1.82, 2.24) is 0 Å². The monoisotopic (exact) mass is 389 g/mol. The number of amides is 1. The number of benzene rings is 3. The number of carbonyl (C=O) groups excluding carboxylic acids is 1. The van der Waals surface area contributed by atoms with Crippen molar-refractivity contribution < 1.29 is 9.53 Å². The van der Waals surface area contributed by atoms with Gasteiger partial charge in [0.2, 0.25) is 5.60 Å². The molecule has 4 heteroatoms. The van der Waals surface area contributed by atoms with Gasteiger partial charge in [-0.1, -0.05) is 66.7 Å². The van der Waals surface area contributed by atoms with Gasteiger partial charge in [0.05, 0.1) is 11.1 Å². The highest BCUT2D eigenvalue weighted by molar-refractivity contribution is 6.21. The molecule has 3 aromatic rings. The van der Waals surface area contributed by atoms with Crippen LogP contribution in [0.15, 0.2) is 78.9 Å². The number of rotatable bonds is 3. The highest BCUT2D eigenvalue weighted by atomic mass is 35.5. The normalized spacial score (nSPS) is 23.4. The summed E-state index contributed by atoms with van der Waals surface area (Å²) in [5.41, 5.74) is 2.85. The summed E-state index contributed by atoms with van der Waals surface area (Å²) in [5, 5.41) is -0.219. The van der Waals surface area contributed by atoms with Crippen molar-refractivity contribution >= 4 is 23.2 Å². The first-order valence-electron chi connectivity index (χ1n) is 9.47. The number of carbonyl (C=O) groups is 1. The van der Waals surface area contributed by atoms with Crippen LogP contribution in [0.1, 0.15) is 34.4 Å². The van der Waals surface area contributed by atoms with Crippen LogP contribution in [0.3, 0.4) is 0 Å². The number of hydrogen-bond donors (Lipinski definition) is 0. The molecule has 3 aromatic carbocycles. The average Bonchev–Trinajstić information content (AvgIpc) is 3.18. The molecule has 1 spiro atoms. The Morgan fingerprint density at radius 1 is 1.00 bits per heavy atom. The molecule has 0 bridgehead atoms. The SMILES string of the molecule is CN1C(=O)[C@]2(Oc3ccccc3[C@@H]2C[C@H](Cl)c2ccccc2)c2ccccc21. The number of para-hydroxylation sites is 2. The molecular formula is C24H20ClNO2. The molecule has 0 aromatic heterocycles. The molecule has 2 heterocycles. The Morgan fingerprint density at radius 3 is 2.50 bits per heavy atom. The zero-order chi connectivity index (χ0) is 19.3. The summed E-state index contributed by atoms with van der Waals surface area (Å²) in [5.74, 6) is 0.569. The summed E-state index contributed by atoms with van der Waals surface area (Å²) >= 11 is 6.85. The van der Waals surface area contributed by atoms with Crippen molar-refractivity contribution in [2.24, 2.45) is 0 Å². The number of hydrogen-bond acceptors (Lipinski definition) is 2. The lowest BCUT2D eigenvalue weighted by atomic mass is 9.76. The summed E-state index contributed by atoms with van der Waals surface area (Å²) in [6.45, 7) is 0. The Kier molecular flexibility index (Phi) is 3.95. The fraction of sp³-hybridized carbons (Fsp3) is 0.208. The second-order valence-corrected chi connectivity index (χ2v) is 7.95. The first-order valence-corrected chi connectivity index (χ1v) is 9.91. The van der Waals surface area contributed by atoms with Crippen LogP contribution in [-0.2, 0) is 10.4 Å². The highest BCUT2D eigenvalue weighted by Crippen LogP contribution is 2.59. The topological polar surface area (TPSA) is 29.5 Å². The van der Waals surface area contributed by atoms with Gasteiger partial charge in [0.25, 0.3) is 5.91 Å². The molecule has 0 aliphatic carbocycles. The summed E-state index contributed by atoms with van der Waals surface area (Å²) in [4.78, 5) is 15.2. The summed E-state index contributed by atoms with van der Waals surface area (Å²) in [6, 6.07) is 25.8. The van der Waals surface area contributed by atoms with Gasteiger partial charge >= 0.3 is 0 Å². The van der Waals surface area contributed by atoms with E-state index in [0.29, 0.717) is 6.42 Å². The van der Waals surface area contributed by atoms with Crippen LogP contribution < -0.4 is 9.64 Å². The molecule has 1 amide bonds. The molecule has 0 radical (unpaired) electrons. The Morgan fingerprint density at radius 2 is 1.68 bits per heavy atom. The van der Waals surface area contributed by atoms with Gasteiger partial charge in [-0.05, 0) is 24.1 Å². The van der Waals surface area contributed by atoms with Crippen LogP contribution in [0.2, 0.25) is 0 Å². The molecular weight excluding hydrogens is 370 g/mol. The minimum atomic E-state index is -1.06. The minimum Gasteiger partial charge on any atom is -0.472 e. The number of alkyl halides is 1. The Hall–Kier alpha value is -2.78. The van der Waals surface area contributed by atoms with Gasteiger partial charge in [-0.2, -0.15) is 0 Å². The van der Waals surface area contributed by atoms with Crippen molar-refractivity contribution in [3.63, 3.8) is 0 Å². The molecule has 28 heavy (non-hydrogen) atoms. The van der Waals surface area contributed by atoms with E-state index in [1.165, 1.54) is 0 Å². The van der Waals surface area contributed by atoms with Crippen LogP contribution in [0.25, 0.3) is 0 Å². The van der Waals surface area contributed by atoms with E-state index in [0.717, 1.165) is 28.1 Å². The molecule has 5 rings (SSSR count). The fourth-order valence-electron chi connectivity index (χ4n) is 4.61. The van der Waals surface area contributed by atoms with E-state index < -0.39 is 5.60 Å². The zero-order valence-corrected chi connectivity index (χ0v) is 16.3. The molecule has 3 atom stereocenters. The van der Waals surface area contributed by atoms with Gasteiger partial charge in [-0.25, -0.2) is 0 Å². The third kappa shape index (κ3) is 2.33. The van der Waals surface area contributed by atoms with Gasteiger partial charge < -0.3 is 9.64 Å². The van der Waals surface area contributed by atoms with E-state index in [4.69, 9.17) is 16.3 Å². The van der Waals surface area contributed by atoms with E-state index in [2.05, 4.69) is 6.07 Å².